The van der Waals surface area contributed by atoms with Gasteiger partial charge < -0.3 is 10.2 Å². The van der Waals surface area contributed by atoms with Crippen molar-refractivity contribution in [2.75, 3.05) is 18.5 Å². The van der Waals surface area contributed by atoms with Gasteiger partial charge in [0.2, 0.25) is 5.66 Å². The average Bonchev–Trinajstić information content (AvgIpc) is 3.00. The summed E-state index contributed by atoms with van der Waals surface area (Å²) in [5, 5.41) is 2.73. The predicted molar refractivity (Wildman–Crippen MR) is 86.0 cm³/mol. The van der Waals surface area contributed by atoms with Gasteiger partial charge in [0.15, 0.2) is 0 Å². The number of nitrogens with one attached hydrogen (secondary N) is 1. The second-order valence-electron chi connectivity index (χ2n) is 7.50. The molecule has 2 heterocycles. The summed E-state index contributed by atoms with van der Waals surface area (Å²) in [6.45, 7) is 5.72. The molecule has 0 aliphatic carbocycles. The number of hydrogen-bond acceptors (Lipinski definition) is 3. The zero-order valence-electron chi connectivity index (χ0n) is 14.5. The summed E-state index contributed by atoms with van der Waals surface area (Å²) in [5.41, 5.74) is -1.86. The maximum atomic E-state index is 13.1. The number of likely N-dealkylation sites (N-methyl/N-ethyl adjacent to an activating group) is 1. The third-order valence-corrected chi connectivity index (χ3v) is 5.01. The Bertz CT molecular complexity index is 754. The second kappa shape index (κ2) is 5.12. The molecule has 1 N–H and O–H groups in total. The Morgan fingerprint density at radius 2 is 1.80 bits per heavy atom. The van der Waals surface area contributed by atoms with E-state index < -0.39 is 34.8 Å². The van der Waals surface area contributed by atoms with Crippen LogP contribution in [0.25, 0.3) is 0 Å². The van der Waals surface area contributed by atoms with Crippen LogP contribution < -0.4 is 10.2 Å². The normalized spacial score (nSPS) is 24.0. The summed E-state index contributed by atoms with van der Waals surface area (Å²) in [6, 6.07) is 3.00. The molecule has 1 aromatic rings. The third-order valence-electron chi connectivity index (χ3n) is 5.01. The van der Waals surface area contributed by atoms with Gasteiger partial charge in [0.05, 0.1) is 5.56 Å². The van der Waals surface area contributed by atoms with Crippen molar-refractivity contribution in [2.24, 2.45) is 5.41 Å². The van der Waals surface area contributed by atoms with E-state index in [1.807, 2.05) is 0 Å². The van der Waals surface area contributed by atoms with E-state index in [2.05, 4.69) is 5.32 Å². The van der Waals surface area contributed by atoms with Gasteiger partial charge >= 0.3 is 12.2 Å². The van der Waals surface area contributed by atoms with Gasteiger partial charge in [0.1, 0.15) is 0 Å². The molecule has 1 fully saturated rings. The largest absolute Gasteiger partial charge is 0.416 e. The Balaban J connectivity index is 2.17. The molecule has 3 amide bonds. The molecule has 0 spiro atoms. The number of carbonyl (C=O) groups excluding carboxylic acids is 2. The third kappa shape index (κ3) is 2.38. The minimum absolute atomic E-state index is 0.341. The molecule has 25 heavy (non-hydrogen) atoms. The smallest absolute Gasteiger partial charge is 0.340 e. The van der Waals surface area contributed by atoms with Crippen molar-refractivity contribution in [1.82, 2.24) is 10.2 Å². The highest BCUT2D eigenvalue weighted by atomic mass is 19.4. The summed E-state index contributed by atoms with van der Waals surface area (Å²) < 4.78 is 39.4. The van der Waals surface area contributed by atoms with Gasteiger partial charge in [-0.05, 0) is 24.1 Å². The zero-order chi connectivity index (χ0) is 18.8. The maximum Gasteiger partial charge on any atom is 0.416 e. The van der Waals surface area contributed by atoms with Crippen LogP contribution in [-0.2, 0) is 17.4 Å². The number of halogens is 3. The minimum Gasteiger partial charge on any atom is -0.340 e. The summed E-state index contributed by atoms with van der Waals surface area (Å²) in [4.78, 5) is 27.7. The van der Waals surface area contributed by atoms with Crippen LogP contribution in [0.5, 0.6) is 0 Å². The Kier molecular flexibility index (Phi) is 3.60. The van der Waals surface area contributed by atoms with E-state index in [-0.39, 0.29) is 0 Å². The van der Waals surface area contributed by atoms with Gasteiger partial charge in [0.25, 0.3) is 5.91 Å². The molecule has 2 aliphatic rings. The Hall–Kier alpha value is -2.25. The lowest BCUT2D eigenvalue weighted by molar-refractivity contribution is -0.137. The van der Waals surface area contributed by atoms with Crippen LogP contribution in [0.3, 0.4) is 0 Å². The van der Waals surface area contributed by atoms with Crippen LogP contribution >= 0.6 is 0 Å². The first-order valence-corrected chi connectivity index (χ1v) is 7.97. The molecule has 8 heteroatoms. The standard InChI is InChI=1S/C17H20F3N3O2/c1-15(2,3)16(13(24)22(4)14(25)21-16)23-8-7-10-5-6-11(9-12(10)23)17(18,19)20/h5-6,9H,7-8H2,1-4H3,(H,21,25). The van der Waals surface area contributed by atoms with E-state index in [9.17, 15) is 22.8 Å². The zero-order valence-corrected chi connectivity index (χ0v) is 14.5. The first-order valence-electron chi connectivity index (χ1n) is 7.97. The van der Waals surface area contributed by atoms with Crippen molar-refractivity contribution in [3.63, 3.8) is 0 Å². The lowest BCUT2D eigenvalue weighted by Crippen LogP contribution is -2.68. The average molecular weight is 355 g/mol. The fourth-order valence-electron chi connectivity index (χ4n) is 3.63. The van der Waals surface area contributed by atoms with Gasteiger partial charge in [-0.15, -0.1) is 0 Å². The van der Waals surface area contributed by atoms with Crippen molar-refractivity contribution in [3.8, 4) is 0 Å². The lowest BCUT2D eigenvalue weighted by atomic mass is 9.78. The summed E-state index contributed by atoms with van der Waals surface area (Å²) in [7, 11) is 1.37. The second-order valence-corrected chi connectivity index (χ2v) is 7.50. The molecular weight excluding hydrogens is 335 g/mol. The summed E-state index contributed by atoms with van der Waals surface area (Å²) in [5.74, 6) is -0.463. The van der Waals surface area contributed by atoms with E-state index in [0.717, 1.165) is 22.6 Å². The van der Waals surface area contributed by atoms with E-state index in [4.69, 9.17) is 0 Å². The number of benzene rings is 1. The number of fused-ring (bicyclic) bond motifs is 1. The van der Waals surface area contributed by atoms with Crippen LogP contribution in [0.4, 0.5) is 23.7 Å². The van der Waals surface area contributed by atoms with Crippen molar-refractivity contribution in [3.05, 3.63) is 29.3 Å². The minimum atomic E-state index is -4.47. The molecule has 0 radical (unpaired) electrons. The van der Waals surface area contributed by atoms with Crippen molar-refractivity contribution in [2.45, 2.75) is 39.0 Å². The van der Waals surface area contributed by atoms with Crippen molar-refractivity contribution >= 4 is 17.6 Å². The number of hydrogen-bond donors (Lipinski definition) is 1. The van der Waals surface area contributed by atoms with Gasteiger partial charge in [-0.25, -0.2) is 4.79 Å². The van der Waals surface area contributed by atoms with Crippen LogP contribution in [-0.4, -0.2) is 36.1 Å². The van der Waals surface area contributed by atoms with Gasteiger partial charge in [-0.2, -0.15) is 13.2 Å². The van der Waals surface area contributed by atoms with E-state index in [0.29, 0.717) is 18.7 Å². The lowest BCUT2D eigenvalue weighted by Gasteiger charge is -2.47. The van der Waals surface area contributed by atoms with Gasteiger partial charge in [0, 0.05) is 24.7 Å². The monoisotopic (exact) mass is 355 g/mol. The summed E-state index contributed by atoms with van der Waals surface area (Å²) >= 11 is 0. The number of imide groups is 1. The Morgan fingerprint density at radius 1 is 1.16 bits per heavy atom. The summed E-state index contributed by atoms with van der Waals surface area (Å²) in [6.07, 6.45) is -3.96. The number of rotatable bonds is 1. The Labute approximate surface area is 143 Å². The molecule has 0 saturated carbocycles. The van der Waals surface area contributed by atoms with Gasteiger partial charge in [-0.3, -0.25) is 9.69 Å². The van der Waals surface area contributed by atoms with E-state index in [1.165, 1.54) is 13.1 Å². The van der Waals surface area contributed by atoms with Gasteiger partial charge in [-0.1, -0.05) is 26.8 Å². The fraction of sp³-hybridized carbons (Fsp3) is 0.529. The number of amides is 3. The predicted octanol–water partition coefficient (Wildman–Crippen LogP) is 2.99. The molecule has 5 nitrogen and oxygen atoms in total. The Morgan fingerprint density at radius 3 is 2.28 bits per heavy atom. The molecule has 1 unspecified atom stereocenters. The quantitative estimate of drug-likeness (QED) is 0.788. The van der Waals surface area contributed by atoms with Crippen molar-refractivity contribution in [1.29, 1.82) is 0 Å². The van der Waals surface area contributed by atoms with Crippen LogP contribution in [0.15, 0.2) is 18.2 Å². The van der Waals surface area contributed by atoms with Crippen LogP contribution in [0.2, 0.25) is 0 Å². The number of nitrogens with zero attached hydrogens (tertiary/aromatic N) is 2. The molecule has 1 saturated heterocycles. The first-order chi connectivity index (χ1) is 11.4. The molecule has 0 aromatic heterocycles. The molecule has 136 valence electrons. The molecule has 3 rings (SSSR count). The number of urea groups is 1. The molecule has 0 bridgehead atoms. The molecule has 1 aromatic carbocycles. The SMILES string of the molecule is CN1C(=O)NC(N2CCc3ccc(C(F)(F)F)cc32)(C(C)(C)C)C1=O. The first kappa shape index (κ1) is 17.6. The van der Waals surface area contributed by atoms with Crippen molar-refractivity contribution < 1.29 is 22.8 Å². The fourth-order valence-corrected chi connectivity index (χ4v) is 3.63. The molecule has 2 aliphatic heterocycles. The van der Waals surface area contributed by atoms with Crippen LogP contribution in [0, 0.1) is 5.41 Å². The topological polar surface area (TPSA) is 52.7 Å². The van der Waals surface area contributed by atoms with E-state index in [1.54, 1.807) is 25.7 Å². The maximum absolute atomic E-state index is 13.1. The highest BCUT2D eigenvalue weighted by molar-refractivity contribution is 6.09. The van der Waals surface area contributed by atoms with E-state index >= 15 is 0 Å². The van der Waals surface area contributed by atoms with Crippen LogP contribution in [0.1, 0.15) is 31.9 Å². The number of alkyl halides is 3. The molecular formula is C17H20F3N3O2. The highest BCUT2D eigenvalue weighted by Crippen LogP contribution is 2.45. The molecule has 1 atom stereocenters. The number of anilines is 1. The number of carbonyl (C=O) groups is 2. The highest BCUT2D eigenvalue weighted by Gasteiger charge is 2.61.